The third kappa shape index (κ3) is 5.68. The molecule has 0 radical (unpaired) electrons. The normalized spacial score (nSPS) is 18.1. The number of hydrogen-bond donors (Lipinski definition) is 1. The quantitative estimate of drug-likeness (QED) is 0.508. The van der Waals surface area contributed by atoms with E-state index in [0.717, 1.165) is 65.2 Å². The molecule has 3 heterocycles. The fraction of sp³-hybridized carbons (Fsp3) is 0.545. The second-order valence-corrected chi connectivity index (χ2v) is 8.15. The maximum Gasteiger partial charge on any atom is 0.353 e. The average molecular weight is 427 g/mol. The lowest BCUT2D eigenvalue weighted by Gasteiger charge is -2.32. The van der Waals surface area contributed by atoms with Crippen LogP contribution in [0.1, 0.15) is 18.4 Å². The van der Waals surface area contributed by atoms with E-state index < -0.39 is 0 Å². The highest BCUT2D eigenvalue weighted by atomic mass is 16.6. The molecule has 2 saturated heterocycles. The molecular formula is C22H30N6O3. The van der Waals surface area contributed by atoms with Crippen LogP contribution in [-0.4, -0.2) is 72.3 Å². The molecule has 0 saturated carbocycles. The Labute approximate surface area is 182 Å². The van der Waals surface area contributed by atoms with E-state index in [9.17, 15) is 10.1 Å². The van der Waals surface area contributed by atoms with Crippen molar-refractivity contribution in [3.8, 4) is 0 Å². The molecule has 2 aliphatic rings. The molecule has 166 valence electrons. The van der Waals surface area contributed by atoms with Crippen LogP contribution >= 0.6 is 0 Å². The van der Waals surface area contributed by atoms with Crippen LogP contribution in [0.4, 0.5) is 17.3 Å². The number of benzene rings is 1. The van der Waals surface area contributed by atoms with Gasteiger partial charge in [0.25, 0.3) is 0 Å². The highest BCUT2D eigenvalue weighted by Crippen LogP contribution is 2.34. The number of piperidine rings is 1. The third-order valence-electron chi connectivity index (χ3n) is 6.09. The molecule has 9 nitrogen and oxygen atoms in total. The van der Waals surface area contributed by atoms with Crippen LogP contribution in [-0.2, 0) is 11.2 Å². The summed E-state index contributed by atoms with van der Waals surface area (Å²) >= 11 is 0. The second-order valence-electron chi connectivity index (χ2n) is 8.15. The standard InChI is InChI=1S/C22H30N6O3/c29-28(30)20-21(23-8-11-26-12-14-31-15-13-26)24-17-25-22(20)27-9-6-19(7-10-27)16-18-4-2-1-3-5-18/h1-5,17,19H,6-16H2,(H,23,24,25). The minimum atomic E-state index is -0.359. The summed E-state index contributed by atoms with van der Waals surface area (Å²) < 4.78 is 5.36. The summed E-state index contributed by atoms with van der Waals surface area (Å²) in [5, 5.41) is 15.0. The Bertz CT molecular complexity index is 852. The van der Waals surface area contributed by atoms with Crippen LogP contribution in [0.5, 0.6) is 0 Å². The molecule has 31 heavy (non-hydrogen) atoms. The van der Waals surface area contributed by atoms with Gasteiger partial charge < -0.3 is 15.0 Å². The predicted molar refractivity (Wildman–Crippen MR) is 120 cm³/mol. The van der Waals surface area contributed by atoms with Crippen LogP contribution < -0.4 is 10.2 Å². The number of nitrogens with zero attached hydrogens (tertiary/aromatic N) is 5. The van der Waals surface area contributed by atoms with Crippen molar-refractivity contribution in [2.75, 3.05) is 62.7 Å². The number of anilines is 2. The number of morpholine rings is 1. The van der Waals surface area contributed by atoms with E-state index in [1.54, 1.807) is 0 Å². The lowest BCUT2D eigenvalue weighted by molar-refractivity contribution is -0.383. The van der Waals surface area contributed by atoms with Gasteiger partial charge in [-0.3, -0.25) is 15.0 Å². The molecule has 2 fully saturated rings. The maximum atomic E-state index is 11.9. The maximum absolute atomic E-state index is 11.9. The van der Waals surface area contributed by atoms with Crippen molar-refractivity contribution in [3.05, 3.63) is 52.3 Å². The smallest absolute Gasteiger partial charge is 0.353 e. The highest BCUT2D eigenvalue weighted by Gasteiger charge is 2.29. The number of hydrogen-bond acceptors (Lipinski definition) is 8. The van der Waals surface area contributed by atoms with E-state index in [0.29, 0.717) is 24.1 Å². The zero-order valence-electron chi connectivity index (χ0n) is 17.8. The number of rotatable bonds is 8. The van der Waals surface area contributed by atoms with Gasteiger partial charge in [0.15, 0.2) is 0 Å². The van der Waals surface area contributed by atoms with Crippen molar-refractivity contribution in [2.24, 2.45) is 5.92 Å². The molecule has 1 aromatic carbocycles. The summed E-state index contributed by atoms with van der Waals surface area (Å²) in [5.41, 5.74) is 1.33. The fourth-order valence-electron chi connectivity index (χ4n) is 4.35. The first-order valence-electron chi connectivity index (χ1n) is 11.0. The molecule has 1 N–H and O–H groups in total. The van der Waals surface area contributed by atoms with E-state index in [2.05, 4.69) is 44.5 Å². The zero-order valence-corrected chi connectivity index (χ0v) is 17.8. The van der Waals surface area contributed by atoms with E-state index >= 15 is 0 Å². The SMILES string of the molecule is O=[N+]([O-])c1c(NCCN2CCOCC2)ncnc1N1CCC(Cc2ccccc2)CC1. The van der Waals surface area contributed by atoms with Crippen molar-refractivity contribution in [3.63, 3.8) is 0 Å². The molecule has 0 bridgehead atoms. The Morgan fingerprint density at radius 3 is 2.55 bits per heavy atom. The summed E-state index contributed by atoms with van der Waals surface area (Å²) in [7, 11) is 0. The molecule has 0 amide bonds. The van der Waals surface area contributed by atoms with Crippen molar-refractivity contribution < 1.29 is 9.66 Å². The Balaban J connectivity index is 1.37. The molecular weight excluding hydrogens is 396 g/mol. The minimum absolute atomic E-state index is 0.0222. The van der Waals surface area contributed by atoms with Gasteiger partial charge in [0.2, 0.25) is 11.6 Å². The average Bonchev–Trinajstić information content (AvgIpc) is 2.81. The number of nitrogens with one attached hydrogen (secondary N) is 1. The molecule has 0 atom stereocenters. The molecule has 2 aliphatic heterocycles. The molecule has 1 aromatic heterocycles. The van der Waals surface area contributed by atoms with Gasteiger partial charge in [-0.2, -0.15) is 0 Å². The summed E-state index contributed by atoms with van der Waals surface area (Å²) in [5.74, 6) is 1.31. The van der Waals surface area contributed by atoms with Gasteiger partial charge in [-0.1, -0.05) is 30.3 Å². The van der Waals surface area contributed by atoms with Crippen molar-refractivity contribution in [2.45, 2.75) is 19.3 Å². The van der Waals surface area contributed by atoms with Gasteiger partial charge in [-0.25, -0.2) is 9.97 Å². The van der Waals surface area contributed by atoms with Crippen molar-refractivity contribution in [1.29, 1.82) is 0 Å². The Hall–Kier alpha value is -2.78. The summed E-state index contributed by atoms with van der Waals surface area (Å²) in [6.45, 7) is 6.16. The number of nitro groups is 1. The highest BCUT2D eigenvalue weighted by molar-refractivity contribution is 5.70. The van der Waals surface area contributed by atoms with Crippen LogP contribution in [0, 0.1) is 16.0 Å². The summed E-state index contributed by atoms with van der Waals surface area (Å²) in [4.78, 5) is 24.3. The van der Waals surface area contributed by atoms with Gasteiger partial charge in [0, 0.05) is 39.3 Å². The first-order chi connectivity index (χ1) is 15.2. The molecule has 4 rings (SSSR count). The molecule has 0 spiro atoms. The summed E-state index contributed by atoms with van der Waals surface area (Å²) in [6.07, 6.45) is 4.47. The second kappa shape index (κ2) is 10.5. The predicted octanol–water partition coefficient (Wildman–Crippen LogP) is 2.59. The van der Waals surface area contributed by atoms with Crippen LogP contribution in [0.3, 0.4) is 0 Å². The molecule has 2 aromatic rings. The van der Waals surface area contributed by atoms with E-state index in [-0.39, 0.29) is 10.6 Å². The van der Waals surface area contributed by atoms with Gasteiger partial charge >= 0.3 is 5.69 Å². The van der Waals surface area contributed by atoms with Gasteiger partial charge in [0.05, 0.1) is 18.1 Å². The van der Waals surface area contributed by atoms with Gasteiger partial charge in [0.1, 0.15) is 6.33 Å². The van der Waals surface area contributed by atoms with Gasteiger partial charge in [-0.15, -0.1) is 0 Å². The lowest BCUT2D eigenvalue weighted by Crippen LogP contribution is -2.39. The fourth-order valence-corrected chi connectivity index (χ4v) is 4.35. The van der Waals surface area contributed by atoms with E-state index in [1.165, 1.54) is 11.9 Å². The van der Waals surface area contributed by atoms with Crippen LogP contribution in [0.2, 0.25) is 0 Å². The molecule has 0 unspecified atom stereocenters. The number of aromatic nitrogens is 2. The summed E-state index contributed by atoms with van der Waals surface area (Å²) in [6, 6.07) is 10.5. The zero-order chi connectivity index (χ0) is 21.5. The minimum Gasteiger partial charge on any atom is -0.379 e. The largest absolute Gasteiger partial charge is 0.379 e. The van der Waals surface area contributed by atoms with E-state index in [1.807, 2.05) is 11.0 Å². The Morgan fingerprint density at radius 2 is 1.84 bits per heavy atom. The molecule has 9 heteroatoms. The van der Waals surface area contributed by atoms with Crippen molar-refractivity contribution >= 4 is 17.3 Å². The number of ether oxygens (including phenoxy) is 1. The van der Waals surface area contributed by atoms with Crippen LogP contribution in [0.15, 0.2) is 36.7 Å². The topological polar surface area (TPSA) is 96.7 Å². The van der Waals surface area contributed by atoms with Gasteiger partial charge in [-0.05, 0) is 30.7 Å². The molecule has 0 aliphatic carbocycles. The third-order valence-corrected chi connectivity index (χ3v) is 6.09. The van der Waals surface area contributed by atoms with Crippen molar-refractivity contribution in [1.82, 2.24) is 14.9 Å². The lowest BCUT2D eigenvalue weighted by atomic mass is 9.90. The van der Waals surface area contributed by atoms with Crippen LogP contribution in [0.25, 0.3) is 0 Å². The first-order valence-corrected chi connectivity index (χ1v) is 11.0. The first kappa shape index (κ1) is 21.5. The Kier molecular flexibility index (Phi) is 7.26. The monoisotopic (exact) mass is 426 g/mol. The Morgan fingerprint density at radius 1 is 1.10 bits per heavy atom. The van der Waals surface area contributed by atoms with E-state index in [4.69, 9.17) is 4.74 Å².